The minimum absolute atomic E-state index is 0.0252. The molecule has 0 aromatic carbocycles. The Balaban J connectivity index is 3.01. The second kappa shape index (κ2) is 3.17. The second-order valence-electron chi connectivity index (χ2n) is 2.69. The third kappa shape index (κ3) is 2.86. The third-order valence-corrected chi connectivity index (χ3v) is 1.66. The molecular formula is C6H9N3O3S. The van der Waals surface area contributed by atoms with Crippen molar-refractivity contribution in [1.82, 2.24) is 5.16 Å². The van der Waals surface area contributed by atoms with Gasteiger partial charge in [0.2, 0.25) is 5.88 Å². The predicted molar refractivity (Wildman–Crippen MR) is 47.7 cm³/mol. The van der Waals surface area contributed by atoms with Gasteiger partial charge in [-0.05, 0) is 0 Å². The number of nitrogen functional groups attached to an aromatic ring is 1. The van der Waals surface area contributed by atoms with Crippen LogP contribution in [0.2, 0.25) is 0 Å². The van der Waals surface area contributed by atoms with Crippen molar-refractivity contribution in [1.29, 1.82) is 0 Å². The van der Waals surface area contributed by atoms with Gasteiger partial charge in [0, 0.05) is 28.3 Å². The monoisotopic (exact) mass is 203 g/mol. The first-order chi connectivity index (χ1) is 5.88. The molecule has 6 nitrogen and oxygen atoms in total. The van der Waals surface area contributed by atoms with Crippen LogP contribution in [0, 0.1) is 0 Å². The zero-order valence-corrected chi connectivity index (χ0v) is 8.00. The molecule has 0 atom stereocenters. The van der Waals surface area contributed by atoms with Crippen molar-refractivity contribution in [2.45, 2.75) is 0 Å². The van der Waals surface area contributed by atoms with Crippen LogP contribution in [0.3, 0.4) is 0 Å². The Morgan fingerprint density at radius 2 is 2.31 bits per heavy atom. The highest BCUT2D eigenvalue weighted by molar-refractivity contribution is 7.92. The summed E-state index contributed by atoms with van der Waals surface area (Å²) in [7, 11) is -2.46. The van der Waals surface area contributed by atoms with Crippen molar-refractivity contribution in [2.24, 2.45) is 4.36 Å². The van der Waals surface area contributed by atoms with E-state index in [1.165, 1.54) is 18.6 Å². The topological polar surface area (TPSA) is 98.5 Å². The summed E-state index contributed by atoms with van der Waals surface area (Å²) in [4.78, 5) is 11.1. The molecule has 0 aliphatic carbocycles. The molecule has 0 aliphatic rings. The number of aromatic nitrogens is 1. The normalized spacial score (nSPS) is 11.2. The van der Waals surface area contributed by atoms with E-state index in [2.05, 4.69) is 14.0 Å². The first-order valence-corrected chi connectivity index (χ1v) is 5.65. The summed E-state index contributed by atoms with van der Waals surface area (Å²) in [5, 5.41) is 3.33. The van der Waals surface area contributed by atoms with Crippen LogP contribution in [0.4, 0.5) is 5.88 Å². The van der Waals surface area contributed by atoms with Crippen molar-refractivity contribution in [3.63, 3.8) is 0 Å². The summed E-state index contributed by atoms with van der Waals surface area (Å²) in [6, 6.07) is 1.23. The number of amides is 1. The summed E-state index contributed by atoms with van der Waals surface area (Å²) < 4.78 is 19.0. The summed E-state index contributed by atoms with van der Waals surface area (Å²) in [6.45, 7) is 0. The molecule has 1 rings (SSSR count). The van der Waals surface area contributed by atoms with E-state index in [0.717, 1.165) is 0 Å². The maximum atomic E-state index is 11.1. The van der Waals surface area contributed by atoms with Gasteiger partial charge in [-0.2, -0.15) is 4.36 Å². The SMILES string of the molecule is CS(C)(=O)=NC(=O)c1cc(N)on1. The minimum atomic E-state index is -2.46. The average Bonchev–Trinajstić information content (AvgIpc) is 2.31. The molecule has 0 spiro atoms. The van der Waals surface area contributed by atoms with E-state index in [-0.39, 0.29) is 11.6 Å². The molecule has 0 saturated heterocycles. The molecule has 0 saturated carbocycles. The predicted octanol–water partition coefficient (Wildman–Crippen LogP) is 0.125. The van der Waals surface area contributed by atoms with Crippen LogP contribution in [-0.2, 0) is 9.73 Å². The van der Waals surface area contributed by atoms with Crippen LogP contribution in [0.5, 0.6) is 0 Å². The molecule has 0 fully saturated rings. The van der Waals surface area contributed by atoms with Crippen molar-refractivity contribution in [2.75, 3.05) is 18.2 Å². The molecule has 0 bridgehead atoms. The van der Waals surface area contributed by atoms with E-state index in [9.17, 15) is 9.00 Å². The van der Waals surface area contributed by atoms with Crippen LogP contribution in [0.1, 0.15) is 10.5 Å². The van der Waals surface area contributed by atoms with Gasteiger partial charge in [0.1, 0.15) is 0 Å². The standard InChI is InChI=1S/C6H9N3O3S/c1-13(2,11)9-6(10)4-3-5(7)12-8-4/h3H,7H2,1-2H3. The zero-order chi connectivity index (χ0) is 10.1. The highest BCUT2D eigenvalue weighted by Crippen LogP contribution is 2.06. The fourth-order valence-electron chi connectivity index (χ4n) is 0.637. The summed E-state index contributed by atoms with van der Waals surface area (Å²) in [5.74, 6) is -0.660. The lowest BCUT2D eigenvalue weighted by Crippen LogP contribution is -2.01. The number of nitrogens with zero attached hydrogens (tertiary/aromatic N) is 2. The van der Waals surface area contributed by atoms with Crippen molar-refractivity contribution >= 4 is 21.5 Å². The number of anilines is 1. The number of nitrogens with two attached hydrogens (primary N) is 1. The Morgan fingerprint density at radius 3 is 2.69 bits per heavy atom. The van der Waals surface area contributed by atoms with Crippen molar-refractivity contribution in [3.05, 3.63) is 11.8 Å². The Bertz CT molecular complexity index is 434. The highest BCUT2D eigenvalue weighted by atomic mass is 32.2. The van der Waals surface area contributed by atoms with Gasteiger partial charge < -0.3 is 10.3 Å². The lowest BCUT2D eigenvalue weighted by atomic mass is 10.4. The highest BCUT2D eigenvalue weighted by Gasteiger charge is 2.11. The Kier molecular flexibility index (Phi) is 2.37. The van der Waals surface area contributed by atoms with Crippen molar-refractivity contribution < 1.29 is 13.5 Å². The van der Waals surface area contributed by atoms with E-state index in [1.54, 1.807) is 0 Å². The van der Waals surface area contributed by atoms with Crippen LogP contribution < -0.4 is 5.73 Å². The molecule has 1 aromatic rings. The van der Waals surface area contributed by atoms with Gasteiger partial charge >= 0.3 is 5.91 Å². The summed E-state index contributed by atoms with van der Waals surface area (Å²) in [5.41, 5.74) is 5.15. The maximum absolute atomic E-state index is 11.1. The molecule has 0 aliphatic heterocycles. The fourth-order valence-corrected chi connectivity index (χ4v) is 1.13. The van der Waals surface area contributed by atoms with Crippen LogP contribution in [0.25, 0.3) is 0 Å². The molecule has 1 heterocycles. The van der Waals surface area contributed by atoms with Crippen molar-refractivity contribution in [3.8, 4) is 0 Å². The molecule has 72 valence electrons. The van der Waals surface area contributed by atoms with Crippen LogP contribution in [0.15, 0.2) is 15.0 Å². The first kappa shape index (κ1) is 9.72. The Morgan fingerprint density at radius 1 is 1.69 bits per heavy atom. The van der Waals surface area contributed by atoms with Gasteiger partial charge in [-0.3, -0.25) is 4.79 Å². The largest absolute Gasteiger partial charge is 0.368 e. The lowest BCUT2D eigenvalue weighted by Gasteiger charge is -1.90. The molecular weight excluding hydrogens is 194 g/mol. The number of carbonyl (C=O) groups is 1. The van der Waals surface area contributed by atoms with Crippen LogP contribution >= 0.6 is 0 Å². The maximum Gasteiger partial charge on any atom is 0.307 e. The summed E-state index contributed by atoms with van der Waals surface area (Å²) in [6.07, 6.45) is 2.71. The lowest BCUT2D eigenvalue weighted by molar-refractivity contribution is 0.0996. The number of hydrogen-bond acceptors (Lipinski definition) is 5. The van der Waals surface area contributed by atoms with Gasteiger partial charge in [-0.15, -0.1) is 0 Å². The molecule has 2 N–H and O–H groups in total. The summed E-state index contributed by atoms with van der Waals surface area (Å²) >= 11 is 0. The molecule has 0 unspecified atom stereocenters. The van der Waals surface area contributed by atoms with Crippen LogP contribution in [-0.4, -0.2) is 27.8 Å². The molecule has 7 heteroatoms. The molecule has 1 aromatic heterocycles. The van der Waals surface area contributed by atoms with E-state index < -0.39 is 15.6 Å². The average molecular weight is 203 g/mol. The third-order valence-electron chi connectivity index (χ3n) is 1.05. The number of hydrogen-bond donors (Lipinski definition) is 1. The fraction of sp³-hybridized carbons (Fsp3) is 0.333. The molecule has 0 radical (unpaired) electrons. The van der Waals surface area contributed by atoms with Gasteiger partial charge in [0.25, 0.3) is 0 Å². The minimum Gasteiger partial charge on any atom is -0.368 e. The van der Waals surface area contributed by atoms with E-state index in [4.69, 9.17) is 5.73 Å². The Labute approximate surface area is 75.3 Å². The van der Waals surface area contributed by atoms with Gasteiger partial charge in [-0.1, -0.05) is 5.16 Å². The quantitative estimate of drug-likeness (QED) is 0.699. The first-order valence-electron chi connectivity index (χ1n) is 3.32. The number of carbonyl (C=O) groups excluding carboxylic acids is 1. The van der Waals surface area contributed by atoms with E-state index in [1.807, 2.05) is 0 Å². The second-order valence-corrected chi connectivity index (χ2v) is 5.24. The van der Waals surface area contributed by atoms with E-state index in [0.29, 0.717) is 0 Å². The van der Waals surface area contributed by atoms with E-state index >= 15 is 0 Å². The Hall–Kier alpha value is -1.37. The number of rotatable bonds is 1. The van der Waals surface area contributed by atoms with Gasteiger partial charge in [0.15, 0.2) is 5.69 Å². The molecule has 13 heavy (non-hydrogen) atoms. The smallest absolute Gasteiger partial charge is 0.307 e. The van der Waals surface area contributed by atoms with Gasteiger partial charge in [-0.25, -0.2) is 4.21 Å². The van der Waals surface area contributed by atoms with Gasteiger partial charge in [0.05, 0.1) is 0 Å². The zero-order valence-electron chi connectivity index (χ0n) is 7.18. The molecule has 1 amide bonds.